The maximum atomic E-state index is 12.8. The van der Waals surface area contributed by atoms with E-state index in [2.05, 4.69) is 21.3 Å². The van der Waals surface area contributed by atoms with Gasteiger partial charge in [-0.3, -0.25) is 24.0 Å². The molecule has 0 aromatic heterocycles. The van der Waals surface area contributed by atoms with E-state index in [9.17, 15) is 24.0 Å². The van der Waals surface area contributed by atoms with Gasteiger partial charge in [-0.05, 0) is 39.0 Å². The largest absolute Gasteiger partial charge is 0.481 e. The summed E-state index contributed by atoms with van der Waals surface area (Å²) in [5.74, 6) is -2.28. The van der Waals surface area contributed by atoms with Gasteiger partial charge >= 0.3 is 5.97 Å². The minimum Gasteiger partial charge on any atom is -0.481 e. The fraction of sp³-hybridized carbons (Fsp3) is 0.783. The predicted molar refractivity (Wildman–Crippen MR) is 126 cm³/mol. The van der Waals surface area contributed by atoms with Crippen molar-refractivity contribution in [2.75, 3.05) is 19.6 Å². The molecule has 190 valence electrons. The van der Waals surface area contributed by atoms with Crippen molar-refractivity contribution < 1.29 is 29.1 Å². The molecule has 3 atom stereocenters. The number of nitrogens with one attached hydrogen (secondary N) is 4. The average Bonchev–Trinajstić information content (AvgIpc) is 2.78. The third-order valence-electron chi connectivity index (χ3n) is 5.36. The summed E-state index contributed by atoms with van der Waals surface area (Å²) in [6.07, 6.45) is 3.80. The number of carboxylic acids is 1. The number of rotatable bonds is 19. The molecule has 0 heterocycles. The SMILES string of the molecule is CCCC(C)C(=O)[C@H](CCCCNC(=O)CCC(=O)O)NC(=O)CNC(=O)CNC(C)CC. The lowest BCUT2D eigenvalue weighted by atomic mass is 9.92. The van der Waals surface area contributed by atoms with Crippen LogP contribution >= 0.6 is 0 Å². The fourth-order valence-corrected chi connectivity index (χ4v) is 3.11. The molecule has 0 rings (SSSR count). The molecule has 0 radical (unpaired) electrons. The zero-order chi connectivity index (χ0) is 25.2. The first-order valence-electron chi connectivity index (χ1n) is 11.9. The summed E-state index contributed by atoms with van der Waals surface area (Å²) in [6, 6.07) is -0.453. The number of unbranched alkanes of at least 4 members (excludes halogenated alkanes) is 1. The van der Waals surface area contributed by atoms with Crippen LogP contribution in [0.3, 0.4) is 0 Å². The van der Waals surface area contributed by atoms with Crippen molar-refractivity contribution in [1.29, 1.82) is 0 Å². The molecule has 10 nitrogen and oxygen atoms in total. The lowest BCUT2D eigenvalue weighted by Gasteiger charge is -2.21. The summed E-state index contributed by atoms with van der Waals surface area (Å²) in [7, 11) is 0. The number of Topliss-reactive ketones (excluding diaryl/α,β-unsaturated/α-hetero) is 1. The van der Waals surface area contributed by atoms with Gasteiger partial charge in [0.1, 0.15) is 0 Å². The molecule has 5 N–H and O–H groups in total. The molecular formula is C23H42N4O6. The fourth-order valence-electron chi connectivity index (χ4n) is 3.11. The summed E-state index contributed by atoms with van der Waals surface area (Å²) in [4.78, 5) is 59.1. The zero-order valence-electron chi connectivity index (χ0n) is 20.5. The molecule has 0 aromatic carbocycles. The highest BCUT2D eigenvalue weighted by molar-refractivity contribution is 5.92. The summed E-state index contributed by atoms with van der Waals surface area (Å²) < 4.78 is 0. The normalized spacial score (nSPS) is 13.5. The number of hydrogen-bond acceptors (Lipinski definition) is 6. The Hall–Kier alpha value is -2.49. The monoisotopic (exact) mass is 470 g/mol. The minimum atomic E-state index is -1.02. The first kappa shape index (κ1) is 30.5. The lowest BCUT2D eigenvalue weighted by molar-refractivity contribution is -0.138. The van der Waals surface area contributed by atoms with Crippen molar-refractivity contribution in [1.82, 2.24) is 21.3 Å². The highest BCUT2D eigenvalue weighted by Gasteiger charge is 2.24. The highest BCUT2D eigenvalue weighted by Crippen LogP contribution is 2.13. The third kappa shape index (κ3) is 15.9. The molecule has 0 aliphatic heterocycles. The second-order valence-electron chi connectivity index (χ2n) is 8.42. The summed E-state index contributed by atoms with van der Waals surface area (Å²) in [5, 5.41) is 19.6. The van der Waals surface area contributed by atoms with E-state index in [1.54, 1.807) is 0 Å². The van der Waals surface area contributed by atoms with Gasteiger partial charge in [-0.15, -0.1) is 0 Å². The Bertz CT molecular complexity index is 640. The topological polar surface area (TPSA) is 154 Å². The van der Waals surface area contributed by atoms with Crippen LogP contribution in [0.1, 0.15) is 79.1 Å². The summed E-state index contributed by atoms with van der Waals surface area (Å²) in [6.45, 7) is 8.10. The third-order valence-corrected chi connectivity index (χ3v) is 5.36. The number of amides is 3. The van der Waals surface area contributed by atoms with Crippen molar-refractivity contribution >= 4 is 29.5 Å². The van der Waals surface area contributed by atoms with Gasteiger partial charge in [-0.2, -0.15) is 0 Å². The standard InChI is InChI=1S/C23H42N4O6/c1-5-9-16(3)23(33)18(10-7-8-13-24-19(28)11-12-22(31)32)27-21(30)15-26-20(29)14-25-17(4)6-2/h16-18,25H,5-15H2,1-4H3,(H,24,28)(H,26,29)(H,27,30)(H,31,32)/t16?,17?,18-/m0/s1. The minimum absolute atomic E-state index is 0.0412. The molecule has 0 saturated carbocycles. The second kappa shape index (κ2) is 18.0. The van der Waals surface area contributed by atoms with E-state index in [-0.39, 0.29) is 55.5 Å². The van der Waals surface area contributed by atoms with Gasteiger partial charge in [-0.25, -0.2) is 0 Å². The van der Waals surface area contributed by atoms with Crippen molar-refractivity contribution in [3.8, 4) is 0 Å². The van der Waals surface area contributed by atoms with Crippen LogP contribution < -0.4 is 21.3 Å². The molecule has 0 aromatic rings. The number of hydrogen-bond donors (Lipinski definition) is 5. The predicted octanol–water partition coefficient (Wildman–Crippen LogP) is 1.13. The first-order chi connectivity index (χ1) is 15.6. The smallest absolute Gasteiger partial charge is 0.303 e. The van der Waals surface area contributed by atoms with Crippen molar-refractivity contribution in [3.63, 3.8) is 0 Å². The van der Waals surface area contributed by atoms with Gasteiger partial charge in [-0.1, -0.05) is 27.2 Å². The Morgan fingerprint density at radius 1 is 0.818 bits per heavy atom. The maximum absolute atomic E-state index is 12.8. The van der Waals surface area contributed by atoms with Crippen molar-refractivity contribution in [3.05, 3.63) is 0 Å². The molecule has 10 heteroatoms. The van der Waals surface area contributed by atoms with E-state index in [0.29, 0.717) is 25.8 Å². The molecule has 0 bridgehead atoms. The van der Waals surface area contributed by atoms with Gasteiger partial charge in [0.15, 0.2) is 5.78 Å². The molecule has 0 saturated heterocycles. The van der Waals surface area contributed by atoms with E-state index in [4.69, 9.17) is 5.11 Å². The van der Waals surface area contributed by atoms with Gasteiger partial charge in [0, 0.05) is 24.9 Å². The van der Waals surface area contributed by atoms with E-state index < -0.39 is 17.9 Å². The van der Waals surface area contributed by atoms with Crippen LogP contribution in [-0.4, -0.2) is 66.3 Å². The van der Waals surface area contributed by atoms with Gasteiger partial charge in [0.25, 0.3) is 0 Å². The molecule has 0 aliphatic carbocycles. The number of aliphatic carboxylic acids is 1. The number of ketones is 1. The van der Waals surface area contributed by atoms with Crippen LogP contribution in [0.4, 0.5) is 0 Å². The van der Waals surface area contributed by atoms with Crippen molar-refractivity contribution in [2.24, 2.45) is 5.92 Å². The Kier molecular flexibility index (Phi) is 16.6. The Balaban J connectivity index is 4.55. The Labute approximate surface area is 197 Å². The van der Waals surface area contributed by atoms with Gasteiger partial charge in [0.2, 0.25) is 17.7 Å². The molecule has 3 amide bonds. The van der Waals surface area contributed by atoms with Crippen LogP contribution in [0.5, 0.6) is 0 Å². The van der Waals surface area contributed by atoms with Gasteiger partial charge < -0.3 is 26.4 Å². The van der Waals surface area contributed by atoms with E-state index in [1.165, 1.54) is 0 Å². The maximum Gasteiger partial charge on any atom is 0.303 e. The van der Waals surface area contributed by atoms with E-state index in [0.717, 1.165) is 19.3 Å². The quantitative estimate of drug-likeness (QED) is 0.177. The molecule has 0 fully saturated rings. The Morgan fingerprint density at radius 2 is 1.52 bits per heavy atom. The molecule has 33 heavy (non-hydrogen) atoms. The van der Waals surface area contributed by atoms with Gasteiger partial charge in [0.05, 0.1) is 25.6 Å². The van der Waals surface area contributed by atoms with Crippen LogP contribution in [0.15, 0.2) is 0 Å². The molecule has 0 aliphatic rings. The van der Waals surface area contributed by atoms with Crippen molar-refractivity contribution in [2.45, 2.75) is 91.1 Å². The average molecular weight is 471 g/mol. The molecule has 0 spiro atoms. The number of carbonyl (C=O) groups excluding carboxylic acids is 4. The first-order valence-corrected chi connectivity index (χ1v) is 11.9. The van der Waals surface area contributed by atoms with Crippen LogP contribution in [0.2, 0.25) is 0 Å². The lowest BCUT2D eigenvalue weighted by Crippen LogP contribution is -2.48. The van der Waals surface area contributed by atoms with E-state index in [1.807, 2.05) is 27.7 Å². The van der Waals surface area contributed by atoms with E-state index >= 15 is 0 Å². The molecular weight excluding hydrogens is 428 g/mol. The summed E-state index contributed by atoms with van der Waals surface area (Å²) in [5.41, 5.74) is 0. The highest BCUT2D eigenvalue weighted by atomic mass is 16.4. The zero-order valence-corrected chi connectivity index (χ0v) is 20.5. The summed E-state index contributed by atoms with van der Waals surface area (Å²) >= 11 is 0. The van der Waals surface area contributed by atoms with Crippen LogP contribution in [-0.2, 0) is 24.0 Å². The van der Waals surface area contributed by atoms with Crippen LogP contribution in [0, 0.1) is 5.92 Å². The van der Waals surface area contributed by atoms with Crippen LogP contribution in [0.25, 0.3) is 0 Å². The molecule has 2 unspecified atom stereocenters. The number of carbonyl (C=O) groups is 5. The number of carboxylic acid groups (broad SMARTS) is 1. The Morgan fingerprint density at radius 3 is 2.12 bits per heavy atom. The second-order valence-corrected chi connectivity index (χ2v) is 8.42.